The Morgan fingerprint density at radius 1 is 1.10 bits per heavy atom. The lowest BCUT2D eigenvalue weighted by Crippen LogP contribution is -2.44. The van der Waals surface area contributed by atoms with Crippen LogP contribution in [0.25, 0.3) is 0 Å². The molecule has 8 heteroatoms. The van der Waals surface area contributed by atoms with Crippen LogP contribution >= 0.6 is 0 Å². The summed E-state index contributed by atoms with van der Waals surface area (Å²) in [6, 6.07) is 0.0606. The third kappa shape index (κ3) is 4.36. The Balaban J connectivity index is 1.65. The van der Waals surface area contributed by atoms with E-state index in [1.54, 1.807) is 6.20 Å². The average molecular weight is 424 g/mol. The quantitative estimate of drug-likeness (QED) is 0.650. The fraction of sp³-hybridized carbons (Fsp3) is 0.857. The van der Waals surface area contributed by atoms with E-state index < -0.39 is 26.6 Å². The van der Waals surface area contributed by atoms with Gasteiger partial charge >= 0.3 is 7.12 Å². The van der Waals surface area contributed by atoms with Crippen LogP contribution in [0.2, 0.25) is 18.1 Å². The molecule has 29 heavy (non-hydrogen) atoms. The zero-order valence-electron chi connectivity index (χ0n) is 19.6. The summed E-state index contributed by atoms with van der Waals surface area (Å²) >= 11 is 0. The summed E-state index contributed by atoms with van der Waals surface area (Å²) < 4.78 is 35.3. The Hall–Kier alpha value is -0.698. The maximum absolute atomic E-state index is 15.2. The molecule has 1 saturated carbocycles. The van der Waals surface area contributed by atoms with Crippen LogP contribution in [-0.2, 0) is 13.7 Å². The Labute approximate surface area is 176 Å². The van der Waals surface area contributed by atoms with E-state index in [0.29, 0.717) is 5.46 Å². The topological polar surface area (TPSA) is 45.5 Å². The minimum Gasteiger partial charge on any atom is -0.414 e. The molecule has 3 rings (SSSR count). The van der Waals surface area contributed by atoms with E-state index in [2.05, 4.69) is 39.0 Å². The Kier molecular flexibility index (Phi) is 5.91. The summed E-state index contributed by atoms with van der Waals surface area (Å²) in [5, 5.41) is 4.57. The van der Waals surface area contributed by atoms with E-state index in [4.69, 9.17) is 13.7 Å². The maximum Gasteiger partial charge on any atom is 0.501 e. The van der Waals surface area contributed by atoms with Crippen molar-refractivity contribution in [2.24, 2.45) is 0 Å². The smallest absolute Gasteiger partial charge is 0.414 e. The van der Waals surface area contributed by atoms with Crippen LogP contribution in [-0.4, -0.2) is 42.5 Å². The van der Waals surface area contributed by atoms with Gasteiger partial charge in [0.1, 0.15) is 0 Å². The second kappa shape index (κ2) is 7.46. The van der Waals surface area contributed by atoms with E-state index in [1.165, 1.54) is 4.68 Å². The van der Waals surface area contributed by atoms with Crippen molar-refractivity contribution in [2.75, 3.05) is 0 Å². The minimum atomic E-state index is -1.78. The average Bonchev–Trinajstić information content (AvgIpc) is 3.03. The molecule has 0 radical (unpaired) electrons. The fourth-order valence-electron chi connectivity index (χ4n) is 3.74. The number of rotatable bonds is 4. The van der Waals surface area contributed by atoms with Crippen LogP contribution in [0.15, 0.2) is 6.20 Å². The first kappa shape index (κ1) is 23.0. The van der Waals surface area contributed by atoms with Gasteiger partial charge in [0.15, 0.2) is 8.32 Å². The molecule has 1 aromatic rings. The van der Waals surface area contributed by atoms with Gasteiger partial charge in [0, 0.05) is 6.10 Å². The highest BCUT2D eigenvalue weighted by molar-refractivity contribution is 6.74. The molecule has 2 aliphatic rings. The van der Waals surface area contributed by atoms with Gasteiger partial charge < -0.3 is 13.7 Å². The molecule has 1 aliphatic heterocycles. The molecule has 1 saturated heterocycles. The Morgan fingerprint density at radius 3 is 2.10 bits per heavy atom. The molecular weight excluding hydrogens is 386 g/mol. The highest BCUT2D eigenvalue weighted by Crippen LogP contribution is 2.40. The molecule has 0 spiro atoms. The summed E-state index contributed by atoms with van der Waals surface area (Å²) in [6.07, 6.45) is 5.48. The van der Waals surface area contributed by atoms with Gasteiger partial charge in [-0.05, 0) is 71.5 Å². The summed E-state index contributed by atoms with van der Waals surface area (Å²) in [6.45, 7) is 19.3. The standard InChI is InChI=1S/C21H38BFN2O3Si/c1-19(2,3)29(8,9)26-16-12-10-15(11-13-16)25-18(23)17(14-24-25)22-27-20(4,5)21(6,7)28-22/h14-16H,10-13H2,1-9H3. The molecule has 0 aromatic carbocycles. The van der Waals surface area contributed by atoms with Crippen molar-refractivity contribution in [1.82, 2.24) is 9.78 Å². The first-order valence-electron chi connectivity index (χ1n) is 10.9. The second-order valence-corrected chi connectivity index (χ2v) is 16.0. The number of hydrogen-bond donors (Lipinski definition) is 0. The summed E-state index contributed by atoms with van der Waals surface area (Å²) in [5.41, 5.74) is -0.597. The zero-order valence-corrected chi connectivity index (χ0v) is 20.6. The third-order valence-corrected chi connectivity index (χ3v) is 12.1. The van der Waals surface area contributed by atoms with Gasteiger partial charge in [-0.15, -0.1) is 0 Å². The molecule has 2 heterocycles. The number of aromatic nitrogens is 2. The predicted octanol–water partition coefficient (Wildman–Crippen LogP) is 4.83. The van der Waals surface area contributed by atoms with Crippen LogP contribution in [0.5, 0.6) is 0 Å². The zero-order chi connectivity index (χ0) is 21.8. The van der Waals surface area contributed by atoms with Crippen LogP contribution in [0.4, 0.5) is 4.39 Å². The van der Waals surface area contributed by atoms with Gasteiger partial charge in [-0.2, -0.15) is 9.49 Å². The van der Waals surface area contributed by atoms with Crippen molar-refractivity contribution in [3.63, 3.8) is 0 Å². The summed E-state index contributed by atoms with van der Waals surface area (Å²) in [4.78, 5) is 0. The van der Waals surface area contributed by atoms with Gasteiger partial charge in [0.2, 0.25) is 5.95 Å². The lowest BCUT2D eigenvalue weighted by molar-refractivity contribution is 0.00578. The molecule has 164 valence electrons. The van der Waals surface area contributed by atoms with Crippen molar-refractivity contribution in [3.8, 4) is 0 Å². The molecule has 5 nitrogen and oxygen atoms in total. The molecule has 1 aliphatic carbocycles. The lowest BCUT2D eigenvalue weighted by Gasteiger charge is -2.41. The van der Waals surface area contributed by atoms with E-state index in [9.17, 15) is 0 Å². The predicted molar refractivity (Wildman–Crippen MR) is 117 cm³/mol. The molecule has 2 fully saturated rings. The molecular formula is C21H38BFN2O3Si. The highest BCUT2D eigenvalue weighted by Gasteiger charge is 2.53. The highest BCUT2D eigenvalue weighted by atomic mass is 28.4. The molecule has 1 aromatic heterocycles. The van der Waals surface area contributed by atoms with E-state index in [1.807, 2.05) is 27.7 Å². The third-order valence-electron chi connectivity index (χ3n) is 7.52. The van der Waals surface area contributed by atoms with Crippen LogP contribution in [0.3, 0.4) is 0 Å². The Morgan fingerprint density at radius 2 is 1.62 bits per heavy atom. The van der Waals surface area contributed by atoms with Crippen molar-refractivity contribution in [1.29, 1.82) is 0 Å². The van der Waals surface area contributed by atoms with E-state index in [-0.39, 0.29) is 23.1 Å². The van der Waals surface area contributed by atoms with Gasteiger partial charge in [-0.25, -0.2) is 4.68 Å². The van der Waals surface area contributed by atoms with Crippen LogP contribution in [0, 0.1) is 5.95 Å². The van der Waals surface area contributed by atoms with Crippen molar-refractivity contribution < 1.29 is 18.1 Å². The molecule has 0 unspecified atom stereocenters. The minimum absolute atomic E-state index is 0.0606. The number of hydrogen-bond acceptors (Lipinski definition) is 4. The largest absolute Gasteiger partial charge is 0.501 e. The van der Waals surface area contributed by atoms with Crippen LogP contribution in [0.1, 0.15) is 80.2 Å². The maximum atomic E-state index is 15.2. The van der Waals surface area contributed by atoms with Crippen molar-refractivity contribution in [3.05, 3.63) is 12.1 Å². The second-order valence-electron chi connectivity index (χ2n) is 11.2. The number of halogens is 1. The lowest BCUT2D eigenvalue weighted by atomic mass is 9.81. The number of nitrogens with zero attached hydrogens (tertiary/aromatic N) is 2. The van der Waals surface area contributed by atoms with Gasteiger partial charge in [0.05, 0.1) is 28.9 Å². The molecule has 0 amide bonds. The van der Waals surface area contributed by atoms with Gasteiger partial charge in [-0.1, -0.05) is 20.8 Å². The van der Waals surface area contributed by atoms with Crippen molar-refractivity contribution in [2.45, 2.75) is 116 Å². The molecule has 0 bridgehead atoms. The monoisotopic (exact) mass is 424 g/mol. The van der Waals surface area contributed by atoms with Gasteiger partial charge in [0.25, 0.3) is 0 Å². The van der Waals surface area contributed by atoms with Crippen molar-refractivity contribution >= 4 is 20.9 Å². The molecule has 0 N–H and O–H groups in total. The van der Waals surface area contributed by atoms with Crippen LogP contribution < -0.4 is 5.46 Å². The Bertz CT molecular complexity index is 721. The first-order valence-corrected chi connectivity index (χ1v) is 13.8. The van der Waals surface area contributed by atoms with E-state index in [0.717, 1.165) is 25.7 Å². The first-order chi connectivity index (χ1) is 13.1. The van der Waals surface area contributed by atoms with Gasteiger partial charge in [-0.3, -0.25) is 0 Å². The summed E-state index contributed by atoms with van der Waals surface area (Å²) in [7, 11) is -2.49. The molecule has 0 atom stereocenters. The fourth-order valence-corrected chi connectivity index (χ4v) is 5.17. The normalized spacial score (nSPS) is 27.4. The summed E-state index contributed by atoms with van der Waals surface area (Å²) in [5.74, 6) is -0.336. The van der Waals surface area contributed by atoms with E-state index >= 15 is 4.39 Å². The SMILES string of the molecule is CC1(C)OB(c2cnn(C3CCC(O[Si](C)(C)C(C)(C)C)CC3)c2F)OC1(C)C.